The number of fused-ring (bicyclic) bond motifs is 1. The predicted octanol–water partition coefficient (Wildman–Crippen LogP) is 3.34. The maximum Gasteiger partial charge on any atom is 0.192 e. The Morgan fingerprint density at radius 1 is 1.07 bits per heavy atom. The summed E-state index contributed by atoms with van der Waals surface area (Å²) in [6.07, 6.45) is 0.893. The Morgan fingerprint density at radius 2 is 1.80 bits per heavy atom. The maximum atomic E-state index is 14.6. The highest BCUT2D eigenvalue weighted by Crippen LogP contribution is 2.29. The molecule has 4 aromatic rings. The van der Waals surface area contributed by atoms with E-state index in [0.29, 0.717) is 28.8 Å². The lowest BCUT2D eigenvalue weighted by Crippen LogP contribution is -2.18. The van der Waals surface area contributed by atoms with E-state index in [4.69, 9.17) is 4.52 Å². The molecule has 0 saturated carbocycles. The summed E-state index contributed by atoms with van der Waals surface area (Å²) in [5, 5.41) is 3.48. The molecule has 3 heterocycles. The van der Waals surface area contributed by atoms with E-state index in [2.05, 4.69) is 10.1 Å². The Kier molecular flexibility index (Phi) is 4.53. The van der Waals surface area contributed by atoms with Crippen molar-refractivity contribution in [3.05, 3.63) is 69.7 Å². The molecule has 30 heavy (non-hydrogen) atoms. The van der Waals surface area contributed by atoms with E-state index in [1.807, 2.05) is 0 Å². The molecule has 0 spiro atoms. The molecule has 0 aliphatic rings. The second-order valence-corrected chi connectivity index (χ2v) is 8.78. The molecule has 0 atom stereocenters. The van der Waals surface area contributed by atoms with Crippen LogP contribution in [0.15, 0.2) is 50.7 Å². The number of nitrogens with zero attached hydrogens (tertiary/aromatic N) is 3. The number of benzene rings is 1. The van der Waals surface area contributed by atoms with Gasteiger partial charge in [-0.1, -0.05) is 5.16 Å². The zero-order valence-electron chi connectivity index (χ0n) is 16.1. The van der Waals surface area contributed by atoms with Crippen LogP contribution in [0.3, 0.4) is 0 Å². The first kappa shape index (κ1) is 19.9. The van der Waals surface area contributed by atoms with Gasteiger partial charge in [0.15, 0.2) is 15.3 Å². The molecule has 0 unspecified atom stereocenters. The molecule has 1 aromatic carbocycles. The van der Waals surface area contributed by atoms with Gasteiger partial charge in [0.2, 0.25) is 0 Å². The van der Waals surface area contributed by atoms with Crippen LogP contribution in [0.25, 0.3) is 28.0 Å². The van der Waals surface area contributed by atoms with Crippen LogP contribution in [0.2, 0.25) is 0 Å². The van der Waals surface area contributed by atoms with E-state index >= 15 is 0 Å². The SMILES string of the molecule is Cc1noc(C)c1-c1ccc2c(=O)cc(S(C)(=O)=O)n(-c3ccc(F)cc3F)c2n1. The summed E-state index contributed by atoms with van der Waals surface area (Å²) in [6, 6.07) is 6.65. The summed E-state index contributed by atoms with van der Waals surface area (Å²) >= 11 is 0. The monoisotopic (exact) mass is 431 g/mol. The largest absolute Gasteiger partial charge is 0.361 e. The highest BCUT2D eigenvalue weighted by atomic mass is 32.2. The summed E-state index contributed by atoms with van der Waals surface area (Å²) in [4.78, 5) is 17.1. The first-order valence-electron chi connectivity index (χ1n) is 8.73. The van der Waals surface area contributed by atoms with Crippen molar-refractivity contribution in [2.75, 3.05) is 6.26 Å². The minimum absolute atomic E-state index is 0.0710. The second kappa shape index (κ2) is 6.84. The molecule has 4 rings (SSSR count). The quantitative estimate of drug-likeness (QED) is 0.494. The van der Waals surface area contributed by atoms with Crippen molar-refractivity contribution >= 4 is 20.9 Å². The van der Waals surface area contributed by atoms with E-state index < -0.39 is 31.9 Å². The van der Waals surface area contributed by atoms with Gasteiger partial charge in [-0.15, -0.1) is 0 Å². The van der Waals surface area contributed by atoms with E-state index in [-0.39, 0.29) is 16.7 Å². The zero-order chi connectivity index (χ0) is 21.8. The molecule has 0 aliphatic heterocycles. The Labute approximate surface area is 169 Å². The van der Waals surface area contributed by atoms with Gasteiger partial charge in [0.25, 0.3) is 0 Å². The smallest absolute Gasteiger partial charge is 0.192 e. The summed E-state index contributed by atoms with van der Waals surface area (Å²) in [5.74, 6) is -1.36. The molecule has 0 radical (unpaired) electrons. The third-order valence-corrected chi connectivity index (χ3v) is 5.71. The summed E-state index contributed by atoms with van der Waals surface area (Å²) < 4.78 is 59.1. The normalized spacial score (nSPS) is 11.9. The van der Waals surface area contributed by atoms with E-state index in [1.165, 1.54) is 6.07 Å². The molecule has 0 saturated heterocycles. The second-order valence-electron chi connectivity index (χ2n) is 6.82. The van der Waals surface area contributed by atoms with E-state index in [9.17, 15) is 22.0 Å². The Hall–Kier alpha value is -3.40. The fourth-order valence-electron chi connectivity index (χ4n) is 3.33. The average Bonchev–Trinajstić information content (AvgIpc) is 2.99. The van der Waals surface area contributed by atoms with Crippen LogP contribution in [0, 0.1) is 25.5 Å². The fourth-order valence-corrected chi connectivity index (χ4v) is 4.16. The van der Waals surface area contributed by atoms with Gasteiger partial charge < -0.3 is 4.52 Å². The van der Waals surface area contributed by atoms with E-state index in [1.54, 1.807) is 19.9 Å². The van der Waals surface area contributed by atoms with Gasteiger partial charge in [0.05, 0.1) is 28.0 Å². The van der Waals surface area contributed by atoms with Crippen molar-refractivity contribution in [3.63, 3.8) is 0 Å². The lowest BCUT2D eigenvalue weighted by Gasteiger charge is -2.16. The summed E-state index contributed by atoms with van der Waals surface area (Å²) in [5.41, 5.74) is 0.527. The number of hydrogen-bond acceptors (Lipinski definition) is 6. The van der Waals surface area contributed by atoms with Crippen LogP contribution in [0.1, 0.15) is 11.5 Å². The fraction of sp³-hybridized carbons (Fsp3) is 0.150. The van der Waals surface area contributed by atoms with Gasteiger partial charge in [-0.3, -0.25) is 9.36 Å². The van der Waals surface area contributed by atoms with Gasteiger partial charge >= 0.3 is 0 Å². The summed E-state index contributed by atoms with van der Waals surface area (Å²) in [6.45, 7) is 3.39. The molecule has 0 N–H and O–H groups in total. The molecule has 154 valence electrons. The van der Waals surface area contributed by atoms with Gasteiger partial charge in [-0.05, 0) is 38.1 Å². The van der Waals surface area contributed by atoms with Crippen molar-refractivity contribution in [3.8, 4) is 16.9 Å². The molecular formula is C20H15F2N3O4S. The molecule has 7 nitrogen and oxygen atoms in total. The van der Waals surface area contributed by atoms with Crippen LogP contribution in [-0.2, 0) is 9.84 Å². The van der Waals surface area contributed by atoms with Crippen molar-refractivity contribution in [1.29, 1.82) is 0 Å². The number of rotatable bonds is 3. The number of sulfone groups is 1. The minimum atomic E-state index is -3.97. The van der Waals surface area contributed by atoms with Gasteiger partial charge in [0.1, 0.15) is 28.1 Å². The molecule has 10 heteroatoms. The molecule has 0 aliphatic carbocycles. The Morgan fingerprint density at radius 3 is 2.40 bits per heavy atom. The van der Waals surface area contributed by atoms with Crippen LogP contribution in [0.4, 0.5) is 8.78 Å². The third kappa shape index (κ3) is 3.18. The van der Waals surface area contributed by atoms with Crippen LogP contribution < -0.4 is 5.43 Å². The first-order chi connectivity index (χ1) is 14.1. The minimum Gasteiger partial charge on any atom is -0.361 e. The van der Waals surface area contributed by atoms with Gasteiger partial charge in [0, 0.05) is 18.4 Å². The molecule has 3 aromatic heterocycles. The summed E-state index contributed by atoms with van der Waals surface area (Å²) in [7, 11) is -3.97. The molecule has 0 bridgehead atoms. The van der Waals surface area contributed by atoms with Gasteiger partial charge in [-0.25, -0.2) is 22.2 Å². The van der Waals surface area contributed by atoms with Crippen molar-refractivity contribution in [2.24, 2.45) is 0 Å². The lowest BCUT2D eigenvalue weighted by atomic mass is 10.1. The zero-order valence-corrected chi connectivity index (χ0v) is 16.9. The standard InChI is InChI=1S/C20H15F2N3O4S/c1-10-19(11(2)29-24-10)15-6-5-13-17(26)9-18(30(3,27)28)25(20(13)23-15)16-7-4-12(21)8-14(16)22/h4-9H,1-3H3. The van der Waals surface area contributed by atoms with Crippen LogP contribution in [0.5, 0.6) is 0 Å². The highest BCUT2D eigenvalue weighted by molar-refractivity contribution is 7.90. The Bertz CT molecular complexity index is 1470. The van der Waals surface area contributed by atoms with E-state index in [0.717, 1.165) is 29.0 Å². The van der Waals surface area contributed by atoms with Crippen molar-refractivity contribution in [1.82, 2.24) is 14.7 Å². The predicted molar refractivity (Wildman–Crippen MR) is 105 cm³/mol. The van der Waals surface area contributed by atoms with Crippen molar-refractivity contribution < 1.29 is 21.7 Å². The van der Waals surface area contributed by atoms with Gasteiger partial charge in [-0.2, -0.15) is 0 Å². The van der Waals surface area contributed by atoms with Crippen molar-refractivity contribution in [2.45, 2.75) is 18.9 Å². The number of aryl methyl sites for hydroxylation is 2. The highest BCUT2D eigenvalue weighted by Gasteiger charge is 2.23. The number of hydrogen-bond donors (Lipinski definition) is 0. The number of aromatic nitrogens is 3. The molecular weight excluding hydrogens is 416 g/mol. The van der Waals surface area contributed by atoms with Crippen LogP contribution in [-0.4, -0.2) is 29.4 Å². The average molecular weight is 431 g/mol. The topological polar surface area (TPSA) is 95.1 Å². The third-order valence-electron chi connectivity index (χ3n) is 4.65. The number of pyridine rings is 2. The number of halogens is 2. The maximum absolute atomic E-state index is 14.6. The molecule has 0 amide bonds. The molecule has 0 fully saturated rings. The lowest BCUT2D eigenvalue weighted by molar-refractivity contribution is 0.393. The first-order valence-corrected chi connectivity index (χ1v) is 10.6. The van der Waals surface area contributed by atoms with Crippen LogP contribution >= 0.6 is 0 Å². The Balaban J connectivity index is 2.19.